The molecule has 0 bridgehead atoms. The SMILES string of the molecule is C=C(C=O)CC1CC(O)C2OC3CC4OC5C=CCC6OC7C(C)CC8OC9(C)CC(C)CC%10OC(=O)CC%10OC9CC8OC7CC=CCC6OC5CCCC4OC3CC2O1. The molecule has 10 rings (SSSR count). The molecular formula is C48H68O13. The number of fused-ring (bicyclic) bond motifs is 9. The largest absolute Gasteiger partial charge is 0.459 e. The van der Waals surface area contributed by atoms with E-state index in [1.807, 2.05) is 0 Å². The van der Waals surface area contributed by atoms with E-state index in [0.29, 0.717) is 56.4 Å². The normalized spacial score (nSPS) is 52.2. The van der Waals surface area contributed by atoms with Crippen molar-refractivity contribution in [3.63, 3.8) is 0 Å². The second-order valence-electron chi connectivity index (χ2n) is 20.5. The van der Waals surface area contributed by atoms with Gasteiger partial charge in [0, 0.05) is 32.1 Å². The number of aliphatic hydroxyl groups is 1. The topological polar surface area (TPSA) is 147 Å². The van der Waals surface area contributed by atoms with E-state index in [1.54, 1.807) is 0 Å². The molecule has 0 aromatic carbocycles. The van der Waals surface area contributed by atoms with Crippen LogP contribution in [0.25, 0.3) is 0 Å². The monoisotopic (exact) mass is 852 g/mol. The van der Waals surface area contributed by atoms with Crippen LogP contribution in [0, 0.1) is 11.8 Å². The highest BCUT2D eigenvalue weighted by Gasteiger charge is 2.56. The second kappa shape index (κ2) is 17.7. The van der Waals surface area contributed by atoms with Crippen molar-refractivity contribution in [2.45, 2.75) is 239 Å². The fourth-order valence-electron chi connectivity index (χ4n) is 12.8. The van der Waals surface area contributed by atoms with E-state index in [0.717, 1.165) is 57.7 Å². The van der Waals surface area contributed by atoms with Crippen molar-refractivity contribution in [2.75, 3.05) is 0 Å². The number of carbonyl (C=O) groups is 2. The Morgan fingerprint density at radius 3 is 2.25 bits per heavy atom. The summed E-state index contributed by atoms with van der Waals surface area (Å²) in [5.74, 6) is 0.344. The molecular weight excluding hydrogens is 785 g/mol. The second-order valence-corrected chi connectivity index (χ2v) is 20.5. The maximum Gasteiger partial charge on any atom is 0.308 e. The quantitative estimate of drug-likeness (QED) is 0.164. The highest BCUT2D eigenvalue weighted by Crippen LogP contribution is 2.47. The van der Waals surface area contributed by atoms with Crippen molar-refractivity contribution in [3.8, 4) is 0 Å². The summed E-state index contributed by atoms with van der Waals surface area (Å²) in [5.41, 5.74) is -0.0105. The summed E-state index contributed by atoms with van der Waals surface area (Å²) in [6, 6.07) is 0. The Labute approximate surface area is 360 Å². The van der Waals surface area contributed by atoms with Gasteiger partial charge >= 0.3 is 5.97 Å². The molecule has 0 amide bonds. The first-order valence-electron chi connectivity index (χ1n) is 23.7. The molecule has 10 heterocycles. The van der Waals surface area contributed by atoms with Gasteiger partial charge in [-0.2, -0.15) is 0 Å². The van der Waals surface area contributed by atoms with Gasteiger partial charge in [-0.25, -0.2) is 0 Å². The van der Waals surface area contributed by atoms with Crippen LogP contribution in [0.5, 0.6) is 0 Å². The standard InChI is InChI=1S/C48H68O13/c1-25-16-36-41(22-45(51)58-36)57-44-21-40-42(61-48(44,4)23-25)17-27(3)46-35(56-40)10-6-5-9-30-33(59-46)13-7-12-32-31(53-30)11-8-14-34-37(54-32)19-39-38(55-34)20-43-47(60-39)29(50)18-28(52-43)15-26(2)24-49/h5-7,12,24-25,27-44,46-47,50H,2,8-11,13-23H2,1,3-4H3. The molecule has 61 heavy (non-hydrogen) atoms. The van der Waals surface area contributed by atoms with Crippen molar-refractivity contribution in [1.82, 2.24) is 0 Å². The van der Waals surface area contributed by atoms with E-state index in [2.05, 4.69) is 51.7 Å². The third-order valence-corrected chi connectivity index (χ3v) is 15.7. The Kier molecular flexibility index (Phi) is 12.5. The molecule has 10 aliphatic rings. The molecule has 0 aromatic heterocycles. The lowest BCUT2D eigenvalue weighted by Crippen LogP contribution is -2.62. The van der Waals surface area contributed by atoms with Crippen molar-refractivity contribution < 1.29 is 62.1 Å². The zero-order valence-corrected chi connectivity index (χ0v) is 36.2. The molecule has 13 heteroatoms. The van der Waals surface area contributed by atoms with Gasteiger partial charge in [-0.15, -0.1) is 0 Å². The maximum atomic E-state index is 12.3. The summed E-state index contributed by atoms with van der Waals surface area (Å²) < 4.78 is 67.6. The highest BCUT2D eigenvalue weighted by molar-refractivity contribution is 5.72. The Hall–Kier alpha value is -2.04. The molecule has 22 atom stereocenters. The summed E-state index contributed by atoms with van der Waals surface area (Å²) in [4.78, 5) is 23.5. The van der Waals surface area contributed by atoms with Crippen LogP contribution in [-0.2, 0) is 57.0 Å². The molecule has 10 aliphatic heterocycles. The van der Waals surface area contributed by atoms with Crippen LogP contribution in [0.4, 0.5) is 0 Å². The number of ether oxygens (including phenoxy) is 10. The number of hydrogen-bond acceptors (Lipinski definition) is 13. The molecule has 0 aliphatic carbocycles. The third kappa shape index (κ3) is 8.88. The van der Waals surface area contributed by atoms with Crippen LogP contribution >= 0.6 is 0 Å². The van der Waals surface area contributed by atoms with Crippen LogP contribution in [0.15, 0.2) is 36.5 Å². The van der Waals surface area contributed by atoms with Gasteiger partial charge in [0.1, 0.15) is 30.7 Å². The van der Waals surface area contributed by atoms with Gasteiger partial charge in [-0.05, 0) is 82.1 Å². The summed E-state index contributed by atoms with van der Waals surface area (Å²) in [6.07, 6.45) is 15.9. The number of carbonyl (C=O) groups excluding carboxylic acids is 2. The summed E-state index contributed by atoms with van der Waals surface area (Å²) in [6.45, 7) is 10.5. The van der Waals surface area contributed by atoms with Gasteiger partial charge < -0.3 is 52.5 Å². The maximum absolute atomic E-state index is 12.3. The zero-order chi connectivity index (χ0) is 42.0. The molecule has 0 saturated carbocycles. The Balaban J connectivity index is 0.805. The molecule has 0 aromatic rings. The van der Waals surface area contributed by atoms with Crippen molar-refractivity contribution >= 4 is 12.3 Å². The lowest BCUT2D eigenvalue weighted by atomic mass is 9.78. The number of hydrogen-bond donors (Lipinski definition) is 1. The van der Waals surface area contributed by atoms with Crippen LogP contribution < -0.4 is 0 Å². The minimum atomic E-state index is -0.686. The summed E-state index contributed by atoms with van der Waals surface area (Å²) in [7, 11) is 0. The fourth-order valence-corrected chi connectivity index (χ4v) is 12.8. The van der Waals surface area contributed by atoms with Crippen molar-refractivity contribution in [3.05, 3.63) is 36.5 Å². The molecule has 338 valence electrons. The van der Waals surface area contributed by atoms with Gasteiger partial charge in [0.15, 0.2) is 0 Å². The summed E-state index contributed by atoms with van der Waals surface area (Å²) >= 11 is 0. The van der Waals surface area contributed by atoms with Crippen LogP contribution in [0.1, 0.15) is 117 Å². The molecule has 8 fully saturated rings. The number of aldehydes is 1. The average molecular weight is 853 g/mol. The molecule has 22 unspecified atom stereocenters. The summed E-state index contributed by atoms with van der Waals surface area (Å²) in [5, 5.41) is 11.1. The average Bonchev–Trinajstić information content (AvgIpc) is 3.52. The molecule has 0 radical (unpaired) electrons. The molecule has 0 spiro atoms. The highest BCUT2D eigenvalue weighted by atomic mass is 16.6. The van der Waals surface area contributed by atoms with E-state index in [-0.39, 0.29) is 116 Å². The third-order valence-electron chi connectivity index (χ3n) is 15.7. The van der Waals surface area contributed by atoms with E-state index in [9.17, 15) is 14.7 Å². The van der Waals surface area contributed by atoms with Gasteiger partial charge in [0.25, 0.3) is 0 Å². The Bertz CT molecular complexity index is 1670. The zero-order valence-electron chi connectivity index (χ0n) is 36.2. The fraction of sp³-hybridized carbons (Fsp3) is 0.833. The number of esters is 1. The lowest BCUT2D eigenvalue weighted by molar-refractivity contribution is -0.297. The van der Waals surface area contributed by atoms with E-state index in [1.165, 1.54) is 0 Å². The van der Waals surface area contributed by atoms with Gasteiger partial charge in [-0.1, -0.05) is 44.7 Å². The number of rotatable bonds is 3. The van der Waals surface area contributed by atoms with E-state index >= 15 is 0 Å². The number of aliphatic hydroxyl groups excluding tert-OH is 1. The first kappa shape index (κ1) is 42.9. The molecule has 8 saturated heterocycles. The van der Waals surface area contributed by atoms with Crippen LogP contribution in [-0.4, -0.2) is 139 Å². The van der Waals surface area contributed by atoms with Gasteiger partial charge in [0.2, 0.25) is 0 Å². The van der Waals surface area contributed by atoms with Gasteiger partial charge in [0.05, 0.1) is 104 Å². The lowest BCUT2D eigenvalue weighted by Gasteiger charge is -2.52. The first-order valence-corrected chi connectivity index (χ1v) is 23.7. The minimum Gasteiger partial charge on any atom is -0.459 e. The Morgan fingerprint density at radius 2 is 1.39 bits per heavy atom. The molecule has 1 N–H and O–H groups in total. The van der Waals surface area contributed by atoms with Crippen LogP contribution in [0.3, 0.4) is 0 Å². The van der Waals surface area contributed by atoms with Crippen molar-refractivity contribution in [2.24, 2.45) is 11.8 Å². The van der Waals surface area contributed by atoms with Gasteiger partial charge in [-0.3, -0.25) is 9.59 Å². The van der Waals surface area contributed by atoms with Crippen LogP contribution in [0.2, 0.25) is 0 Å². The Morgan fingerprint density at radius 1 is 0.705 bits per heavy atom. The smallest absolute Gasteiger partial charge is 0.308 e. The predicted octanol–water partition coefficient (Wildman–Crippen LogP) is 5.56. The minimum absolute atomic E-state index is 0.0705. The van der Waals surface area contributed by atoms with E-state index < -0.39 is 17.8 Å². The molecule has 13 nitrogen and oxygen atoms in total. The predicted molar refractivity (Wildman–Crippen MR) is 220 cm³/mol. The first-order chi connectivity index (χ1) is 29.5. The van der Waals surface area contributed by atoms with Crippen molar-refractivity contribution in [1.29, 1.82) is 0 Å². The van der Waals surface area contributed by atoms with E-state index in [4.69, 9.17) is 47.4 Å².